The van der Waals surface area contributed by atoms with Crippen molar-refractivity contribution in [1.29, 1.82) is 0 Å². The molecule has 1 aromatic rings. The summed E-state index contributed by atoms with van der Waals surface area (Å²) in [4.78, 5) is 3.89. The van der Waals surface area contributed by atoms with Gasteiger partial charge in [-0.25, -0.2) is 0 Å². The van der Waals surface area contributed by atoms with Crippen LogP contribution in [0, 0.1) is 12.3 Å². The van der Waals surface area contributed by atoms with E-state index < -0.39 is 0 Å². The lowest BCUT2D eigenvalue weighted by Gasteiger charge is -2.07. The van der Waals surface area contributed by atoms with Crippen molar-refractivity contribution in [2.24, 2.45) is 4.99 Å². The molecule has 76 valence electrons. The average molecular weight is 198 g/mol. The number of hydrogen-bond donors (Lipinski definition) is 1. The summed E-state index contributed by atoms with van der Waals surface area (Å²) < 4.78 is 0. The van der Waals surface area contributed by atoms with Gasteiger partial charge in [-0.05, 0) is 12.1 Å². The average Bonchev–Trinajstić information content (AvgIpc) is 2.30. The molecule has 0 atom stereocenters. The Balaban J connectivity index is 3.19. The van der Waals surface area contributed by atoms with Gasteiger partial charge in [0.2, 0.25) is 0 Å². The van der Waals surface area contributed by atoms with E-state index in [0.29, 0.717) is 0 Å². The third-order valence-electron chi connectivity index (χ3n) is 2.03. The molecule has 1 N–H and O–H groups in total. The van der Waals surface area contributed by atoms with Crippen LogP contribution in [0.2, 0.25) is 0 Å². The molecule has 0 aromatic heterocycles. The van der Waals surface area contributed by atoms with Crippen molar-refractivity contribution in [3.63, 3.8) is 0 Å². The molecule has 15 heavy (non-hydrogen) atoms. The van der Waals surface area contributed by atoms with E-state index in [1.54, 1.807) is 13.3 Å². The second-order valence-electron chi connectivity index (χ2n) is 2.93. The lowest BCUT2D eigenvalue weighted by Crippen LogP contribution is -1.93. The van der Waals surface area contributed by atoms with Crippen LogP contribution in [0.4, 0.5) is 5.69 Å². The predicted octanol–water partition coefficient (Wildman–Crippen LogP) is 2.45. The van der Waals surface area contributed by atoms with E-state index in [1.807, 2.05) is 37.4 Å². The minimum absolute atomic E-state index is 0.825. The first-order chi connectivity index (χ1) is 7.33. The highest BCUT2D eigenvalue weighted by Crippen LogP contribution is 2.22. The normalized spacial score (nSPS) is 11.4. The summed E-state index contributed by atoms with van der Waals surface area (Å²) in [5.41, 5.74) is 2.86. The van der Waals surface area contributed by atoms with Gasteiger partial charge in [0, 0.05) is 37.1 Å². The second kappa shape index (κ2) is 5.66. The zero-order chi connectivity index (χ0) is 11.1. The van der Waals surface area contributed by atoms with E-state index in [0.717, 1.165) is 16.8 Å². The summed E-state index contributed by atoms with van der Waals surface area (Å²) in [5.74, 6) is 2.66. The Labute approximate surface area is 90.7 Å². The van der Waals surface area contributed by atoms with Crippen LogP contribution in [0.25, 0.3) is 5.57 Å². The second-order valence-corrected chi connectivity index (χ2v) is 2.93. The van der Waals surface area contributed by atoms with E-state index in [4.69, 9.17) is 6.42 Å². The zero-order valence-corrected chi connectivity index (χ0v) is 8.99. The number of nitrogens with zero attached hydrogens (tertiary/aromatic N) is 1. The van der Waals surface area contributed by atoms with Crippen molar-refractivity contribution in [3.05, 3.63) is 35.9 Å². The molecule has 0 saturated carbocycles. The number of para-hydroxylation sites is 1. The smallest absolute Gasteiger partial charge is 0.0423 e. The maximum Gasteiger partial charge on any atom is 0.0423 e. The van der Waals surface area contributed by atoms with Crippen molar-refractivity contribution in [3.8, 4) is 12.3 Å². The number of benzene rings is 1. The highest BCUT2D eigenvalue weighted by atomic mass is 14.8. The van der Waals surface area contributed by atoms with Gasteiger partial charge in [0.25, 0.3) is 0 Å². The molecule has 1 rings (SSSR count). The quantitative estimate of drug-likeness (QED) is 0.585. The fourth-order valence-electron chi connectivity index (χ4n) is 1.30. The minimum atomic E-state index is 0.825. The van der Waals surface area contributed by atoms with Gasteiger partial charge in [-0.2, -0.15) is 0 Å². The standard InChI is InChI=1S/C13H14N2/c1-4-11(9-10-14-2)12-7-5-6-8-13(12)15-3/h1,5-10,15H,2-3H3/b11-9+,14-10?. The first-order valence-corrected chi connectivity index (χ1v) is 4.69. The van der Waals surface area contributed by atoms with Crippen LogP contribution >= 0.6 is 0 Å². The van der Waals surface area contributed by atoms with Crippen LogP contribution in [0.3, 0.4) is 0 Å². The zero-order valence-electron chi connectivity index (χ0n) is 8.99. The van der Waals surface area contributed by atoms with E-state index in [-0.39, 0.29) is 0 Å². The topological polar surface area (TPSA) is 24.4 Å². The Kier molecular flexibility index (Phi) is 4.18. The molecule has 0 aliphatic carbocycles. The van der Waals surface area contributed by atoms with Gasteiger partial charge >= 0.3 is 0 Å². The number of anilines is 1. The van der Waals surface area contributed by atoms with E-state index in [2.05, 4.69) is 16.2 Å². The molecule has 0 unspecified atom stereocenters. The molecule has 1 aromatic carbocycles. The van der Waals surface area contributed by atoms with Crippen LogP contribution < -0.4 is 5.32 Å². The fourth-order valence-corrected chi connectivity index (χ4v) is 1.30. The monoisotopic (exact) mass is 198 g/mol. The van der Waals surface area contributed by atoms with Crippen LogP contribution in [0.1, 0.15) is 5.56 Å². The summed E-state index contributed by atoms with van der Waals surface area (Å²) in [6, 6.07) is 7.91. The Morgan fingerprint density at radius 3 is 2.80 bits per heavy atom. The van der Waals surface area contributed by atoms with Crippen molar-refractivity contribution in [1.82, 2.24) is 0 Å². The fraction of sp³-hybridized carbons (Fsp3) is 0.154. The maximum atomic E-state index is 5.46. The number of aliphatic imine (C=N–C) groups is 1. The first-order valence-electron chi connectivity index (χ1n) is 4.69. The summed E-state index contributed by atoms with van der Waals surface area (Å²) in [6.45, 7) is 0. The van der Waals surface area contributed by atoms with Crippen LogP contribution in [-0.2, 0) is 0 Å². The van der Waals surface area contributed by atoms with Gasteiger partial charge in [0.1, 0.15) is 0 Å². The number of terminal acetylenes is 1. The lowest BCUT2D eigenvalue weighted by molar-refractivity contribution is 1.47. The molecular weight excluding hydrogens is 184 g/mol. The minimum Gasteiger partial charge on any atom is -0.388 e. The number of nitrogens with one attached hydrogen (secondary N) is 1. The largest absolute Gasteiger partial charge is 0.388 e. The van der Waals surface area contributed by atoms with Crippen molar-refractivity contribution >= 4 is 17.5 Å². The van der Waals surface area contributed by atoms with Crippen LogP contribution in [-0.4, -0.2) is 20.3 Å². The van der Waals surface area contributed by atoms with Gasteiger partial charge < -0.3 is 5.32 Å². The van der Waals surface area contributed by atoms with Gasteiger partial charge in [-0.15, -0.1) is 6.42 Å². The molecule has 2 heteroatoms. The number of hydrogen-bond acceptors (Lipinski definition) is 2. The molecular formula is C13H14N2. The van der Waals surface area contributed by atoms with Gasteiger partial charge in [-0.1, -0.05) is 24.1 Å². The Bertz CT molecular complexity index is 422. The van der Waals surface area contributed by atoms with E-state index in [9.17, 15) is 0 Å². The van der Waals surface area contributed by atoms with Crippen LogP contribution in [0.5, 0.6) is 0 Å². The molecule has 0 radical (unpaired) electrons. The molecule has 0 amide bonds. The van der Waals surface area contributed by atoms with Crippen molar-refractivity contribution in [2.45, 2.75) is 0 Å². The Morgan fingerprint density at radius 2 is 2.20 bits per heavy atom. The molecule has 0 aliphatic rings. The first kappa shape index (κ1) is 11.1. The maximum absolute atomic E-state index is 5.46. The van der Waals surface area contributed by atoms with Crippen molar-refractivity contribution in [2.75, 3.05) is 19.4 Å². The summed E-state index contributed by atoms with van der Waals surface area (Å²) >= 11 is 0. The Hall–Kier alpha value is -2.01. The molecule has 0 aliphatic heterocycles. The number of rotatable bonds is 3. The molecule has 0 heterocycles. The Morgan fingerprint density at radius 1 is 1.47 bits per heavy atom. The third kappa shape index (κ3) is 2.72. The van der Waals surface area contributed by atoms with Gasteiger partial charge in [0.15, 0.2) is 0 Å². The highest BCUT2D eigenvalue weighted by Gasteiger charge is 2.02. The molecule has 0 spiro atoms. The third-order valence-corrected chi connectivity index (χ3v) is 2.03. The SMILES string of the molecule is C#C/C(=C\C=NC)c1ccccc1NC. The highest BCUT2D eigenvalue weighted by molar-refractivity contribution is 5.94. The summed E-state index contributed by atoms with van der Waals surface area (Å²) in [5, 5.41) is 3.11. The lowest BCUT2D eigenvalue weighted by atomic mass is 10.0. The van der Waals surface area contributed by atoms with E-state index in [1.165, 1.54) is 0 Å². The summed E-state index contributed by atoms with van der Waals surface area (Å²) in [6.07, 6.45) is 8.99. The van der Waals surface area contributed by atoms with E-state index >= 15 is 0 Å². The molecule has 0 bridgehead atoms. The molecule has 0 saturated heterocycles. The number of allylic oxidation sites excluding steroid dienone is 2. The molecule has 0 fully saturated rings. The predicted molar refractivity (Wildman–Crippen MR) is 67.2 cm³/mol. The summed E-state index contributed by atoms with van der Waals surface area (Å²) in [7, 11) is 3.59. The van der Waals surface area contributed by atoms with Gasteiger partial charge in [-0.3, -0.25) is 4.99 Å². The van der Waals surface area contributed by atoms with Crippen LogP contribution in [0.15, 0.2) is 35.3 Å². The molecule has 2 nitrogen and oxygen atoms in total. The van der Waals surface area contributed by atoms with Crippen molar-refractivity contribution < 1.29 is 0 Å². The van der Waals surface area contributed by atoms with Gasteiger partial charge in [0.05, 0.1) is 0 Å².